The highest BCUT2D eigenvalue weighted by Crippen LogP contribution is 2.26. The second kappa shape index (κ2) is 5.31. The third-order valence-electron chi connectivity index (χ3n) is 3.87. The van der Waals surface area contributed by atoms with Gasteiger partial charge in [-0.05, 0) is 53.9 Å². The number of fused-ring (bicyclic) bond motifs is 1. The molecule has 0 aromatic carbocycles. The summed E-state index contributed by atoms with van der Waals surface area (Å²) in [7, 11) is 0. The zero-order chi connectivity index (χ0) is 12.5. The first-order chi connectivity index (χ1) is 8.74. The van der Waals surface area contributed by atoms with E-state index in [0.717, 1.165) is 34.7 Å². The fraction of sp³-hybridized carbons (Fsp3) is 0.615. The van der Waals surface area contributed by atoms with Crippen molar-refractivity contribution in [1.29, 1.82) is 0 Å². The number of hydrogen-bond acceptors (Lipinski definition) is 3. The van der Waals surface area contributed by atoms with Gasteiger partial charge in [-0.15, -0.1) is 11.3 Å². The molecule has 1 unspecified atom stereocenters. The van der Waals surface area contributed by atoms with Gasteiger partial charge in [-0.1, -0.05) is 0 Å². The molecule has 3 heterocycles. The molecule has 1 atom stereocenters. The molecular weight excluding hydrogens is 312 g/mol. The van der Waals surface area contributed by atoms with Gasteiger partial charge in [0.1, 0.15) is 0 Å². The number of nitrogens with zero attached hydrogens (tertiary/aromatic N) is 2. The standard InChI is InChI=1S/C13H17BrN2OS/c14-12-5-4-11(18-12)13(17)16-8-2-7-15-6-1-3-10(15)9-16/h4-5,10H,1-3,6-9H2. The van der Waals surface area contributed by atoms with Crippen molar-refractivity contribution in [3.63, 3.8) is 0 Å². The molecule has 0 spiro atoms. The molecule has 1 aromatic heterocycles. The highest BCUT2D eigenvalue weighted by molar-refractivity contribution is 9.11. The van der Waals surface area contributed by atoms with E-state index in [4.69, 9.17) is 0 Å². The summed E-state index contributed by atoms with van der Waals surface area (Å²) in [5.74, 6) is 0.208. The van der Waals surface area contributed by atoms with Crippen molar-refractivity contribution in [2.75, 3.05) is 26.2 Å². The smallest absolute Gasteiger partial charge is 0.264 e. The van der Waals surface area contributed by atoms with Crippen molar-refractivity contribution in [2.24, 2.45) is 0 Å². The van der Waals surface area contributed by atoms with Gasteiger partial charge in [-0.3, -0.25) is 9.69 Å². The van der Waals surface area contributed by atoms with E-state index in [-0.39, 0.29) is 5.91 Å². The van der Waals surface area contributed by atoms with E-state index in [2.05, 4.69) is 20.8 Å². The molecule has 2 saturated heterocycles. The molecule has 3 nitrogen and oxygen atoms in total. The van der Waals surface area contributed by atoms with Crippen molar-refractivity contribution < 1.29 is 4.79 Å². The molecule has 18 heavy (non-hydrogen) atoms. The SMILES string of the molecule is O=C(c1ccc(Br)s1)N1CCCN2CCCC2C1. The first kappa shape index (κ1) is 12.6. The van der Waals surface area contributed by atoms with Crippen LogP contribution in [0, 0.1) is 0 Å². The summed E-state index contributed by atoms with van der Waals surface area (Å²) in [4.78, 5) is 17.9. The minimum absolute atomic E-state index is 0.208. The largest absolute Gasteiger partial charge is 0.336 e. The van der Waals surface area contributed by atoms with Crippen LogP contribution in [0.15, 0.2) is 15.9 Å². The van der Waals surface area contributed by atoms with Crippen LogP contribution in [0.4, 0.5) is 0 Å². The van der Waals surface area contributed by atoms with Gasteiger partial charge in [0.2, 0.25) is 0 Å². The summed E-state index contributed by atoms with van der Waals surface area (Å²) in [6, 6.07) is 4.48. The van der Waals surface area contributed by atoms with E-state index in [9.17, 15) is 4.79 Å². The molecule has 3 rings (SSSR count). The van der Waals surface area contributed by atoms with Gasteiger partial charge in [0.15, 0.2) is 0 Å². The molecule has 0 bridgehead atoms. The maximum absolute atomic E-state index is 12.5. The molecule has 98 valence electrons. The van der Waals surface area contributed by atoms with Crippen molar-refractivity contribution in [3.8, 4) is 0 Å². The van der Waals surface area contributed by atoms with Crippen LogP contribution in [0.3, 0.4) is 0 Å². The predicted octanol–water partition coefficient (Wildman–Crippen LogP) is 2.82. The number of carbonyl (C=O) groups excluding carboxylic acids is 1. The number of carbonyl (C=O) groups is 1. The van der Waals surface area contributed by atoms with E-state index in [0.29, 0.717) is 6.04 Å². The van der Waals surface area contributed by atoms with Crippen molar-refractivity contribution in [1.82, 2.24) is 9.80 Å². The van der Waals surface area contributed by atoms with Crippen LogP contribution in [0.5, 0.6) is 0 Å². The Labute approximate surface area is 120 Å². The third kappa shape index (κ3) is 2.49. The maximum atomic E-state index is 12.5. The van der Waals surface area contributed by atoms with Gasteiger partial charge >= 0.3 is 0 Å². The van der Waals surface area contributed by atoms with E-state index in [1.807, 2.05) is 17.0 Å². The summed E-state index contributed by atoms with van der Waals surface area (Å²) in [6.07, 6.45) is 3.64. The average Bonchev–Trinajstić information content (AvgIpc) is 2.93. The second-order valence-electron chi connectivity index (χ2n) is 5.04. The molecule has 5 heteroatoms. The Hall–Kier alpha value is -0.390. The normalized spacial score (nSPS) is 24.9. The summed E-state index contributed by atoms with van der Waals surface area (Å²) < 4.78 is 1.03. The zero-order valence-electron chi connectivity index (χ0n) is 10.3. The lowest BCUT2D eigenvalue weighted by Crippen LogP contribution is -2.39. The van der Waals surface area contributed by atoms with Crippen LogP contribution in [-0.4, -0.2) is 47.9 Å². The van der Waals surface area contributed by atoms with Gasteiger partial charge < -0.3 is 4.90 Å². The second-order valence-corrected chi connectivity index (χ2v) is 7.50. The molecule has 0 aliphatic carbocycles. The van der Waals surface area contributed by atoms with Crippen LogP contribution >= 0.6 is 27.3 Å². The fourth-order valence-electron chi connectivity index (χ4n) is 2.98. The zero-order valence-corrected chi connectivity index (χ0v) is 12.7. The van der Waals surface area contributed by atoms with Gasteiger partial charge in [0.05, 0.1) is 8.66 Å². The van der Waals surface area contributed by atoms with E-state index >= 15 is 0 Å². The molecule has 2 fully saturated rings. The van der Waals surface area contributed by atoms with Crippen LogP contribution in [0.1, 0.15) is 28.9 Å². The molecule has 1 amide bonds. The summed E-state index contributed by atoms with van der Waals surface area (Å²) in [5, 5.41) is 0. The van der Waals surface area contributed by atoms with Gasteiger partial charge in [-0.2, -0.15) is 0 Å². The highest BCUT2D eigenvalue weighted by Gasteiger charge is 2.31. The van der Waals surface area contributed by atoms with Crippen LogP contribution in [0.2, 0.25) is 0 Å². The molecular formula is C13H17BrN2OS. The summed E-state index contributed by atoms with van der Waals surface area (Å²) in [5.41, 5.74) is 0. The molecule has 0 N–H and O–H groups in total. The van der Waals surface area contributed by atoms with E-state index in [1.165, 1.54) is 30.7 Å². The van der Waals surface area contributed by atoms with Gasteiger partial charge in [0.25, 0.3) is 5.91 Å². The number of halogens is 1. The Kier molecular flexibility index (Phi) is 3.73. The van der Waals surface area contributed by atoms with Gasteiger partial charge in [0, 0.05) is 25.7 Å². The highest BCUT2D eigenvalue weighted by atomic mass is 79.9. The number of amides is 1. The van der Waals surface area contributed by atoms with Crippen LogP contribution < -0.4 is 0 Å². The molecule has 0 saturated carbocycles. The number of thiophene rings is 1. The Morgan fingerprint density at radius 2 is 2.11 bits per heavy atom. The van der Waals surface area contributed by atoms with E-state index < -0.39 is 0 Å². The lowest BCUT2D eigenvalue weighted by atomic mass is 10.2. The summed E-state index contributed by atoms with van der Waals surface area (Å²) >= 11 is 4.96. The van der Waals surface area contributed by atoms with Crippen molar-refractivity contribution >= 4 is 33.2 Å². The Balaban J connectivity index is 1.73. The van der Waals surface area contributed by atoms with Crippen molar-refractivity contribution in [2.45, 2.75) is 25.3 Å². The van der Waals surface area contributed by atoms with E-state index in [1.54, 1.807) is 0 Å². The first-order valence-electron chi connectivity index (χ1n) is 6.53. The first-order valence-corrected chi connectivity index (χ1v) is 8.13. The number of hydrogen-bond donors (Lipinski definition) is 0. The minimum Gasteiger partial charge on any atom is -0.336 e. The van der Waals surface area contributed by atoms with Gasteiger partial charge in [-0.25, -0.2) is 0 Å². The van der Waals surface area contributed by atoms with Crippen LogP contribution in [0.25, 0.3) is 0 Å². The lowest BCUT2D eigenvalue weighted by Gasteiger charge is -2.25. The average molecular weight is 329 g/mol. The van der Waals surface area contributed by atoms with Crippen molar-refractivity contribution in [3.05, 3.63) is 20.8 Å². The monoisotopic (exact) mass is 328 g/mol. The molecule has 2 aliphatic heterocycles. The summed E-state index contributed by atoms with van der Waals surface area (Å²) in [6.45, 7) is 4.19. The lowest BCUT2D eigenvalue weighted by molar-refractivity contribution is 0.0748. The fourth-order valence-corrected chi connectivity index (χ4v) is 4.33. The quantitative estimate of drug-likeness (QED) is 0.791. The predicted molar refractivity (Wildman–Crippen MR) is 77.1 cm³/mol. The molecule has 0 radical (unpaired) electrons. The third-order valence-corrected chi connectivity index (χ3v) is 5.49. The molecule has 1 aromatic rings. The van der Waals surface area contributed by atoms with Crippen LogP contribution in [-0.2, 0) is 0 Å². The topological polar surface area (TPSA) is 23.6 Å². The maximum Gasteiger partial charge on any atom is 0.264 e. The Morgan fingerprint density at radius 3 is 2.89 bits per heavy atom. The minimum atomic E-state index is 0.208. The Bertz CT molecular complexity index is 448. The number of rotatable bonds is 1. The Morgan fingerprint density at radius 1 is 1.28 bits per heavy atom. The molecule has 2 aliphatic rings.